The van der Waals surface area contributed by atoms with E-state index in [1.807, 2.05) is 0 Å². The van der Waals surface area contributed by atoms with E-state index in [9.17, 15) is 0 Å². The van der Waals surface area contributed by atoms with Gasteiger partial charge in [0.2, 0.25) is 0 Å². The molecule has 0 aliphatic heterocycles. The third-order valence-corrected chi connectivity index (χ3v) is 0.507. The van der Waals surface area contributed by atoms with E-state index in [2.05, 4.69) is 6.58 Å². The first kappa shape index (κ1) is 7.20. The van der Waals surface area contributed by atoms with Crippen molar-refractivity contribution < 1.29 is 5.11 Å². The van der Waals surface area contributed by atoms with Gasteiger partial charge in [-0.15, -0.1) is 0 Å². The minimum atomic E-state index is -0.935. The van der Waals surface area contributed by atoms with Crippen LogP contribution in [-0.2, 0) is 0 Å². The van der Waals surface area contributed by atoms with E-state index in [1.165, 1.54) is 12.2 Å². The van der Waals surface area contributed by atoms with E-state index >= 15 is 0 Å². The normalized spacial score (nSPS) is 14.2. The van der Waals surface area contributed by atoms with Crippen molar-refractivity contribution in [2.45, 2.75) is 6.23 Å². The molecule has 0 saturated carbocycles. The molecule has 3 nitrogen and oxygen atoms in total. The molecule has 1 unspecified atom stereocenters. The highest BCUT2D eigenvalue weighted by Gasteiger charge is 1.82. The Hall–Kier alpha value is -0.800. The maximum Gasteiger partial charge on any atom is 0.121 e. The van der Waals surface area contributed by atoms with Crippen LogP contribution < -0.4 is 11.5 Å². The molecule has 0 aliphatic rings. The first-order chi connectivity index (χ1) is 3.63. The van der Waals surface area contributed by atoms with Gasteiger partial charge < -0.3 is 16.6 Å². The molecule has 5 N–H and O–H groups in total. The Bertz CT molecular complexity index is 107. The summed E-state index contributed by atoms with van der Waals surface area (Å²) < 4.78 is 0. The highest BCUT2D eigenvalue weighted by molar-refractivity contribution is 5.10. The molecule has 1 atom stereocenters. The van der Waals surface area contributed by atoms with Gasteiger partial charge in [0.1, 0.15) is 6.23 Å². The molecule has 0 aliphatic carbocycles. The van der Waals surface area contributed by atoms with Crippen LogP contribution in [0.5, 0.6) is 0 Å². The van der Waals surface area contributed by atoms with Crippen molar-refractivity contribution in [3.63, 3.8) is 0 Å². The van der Waals surface area contributed by atoms with Gasteiger partial charge in [0, 0.05) is 5.70 Å². The summed E-state index contributed by atoms with van der Waals surface area (Å²) in [6, 6.07) is 0. The van der Waals surface area contributed by atoms with E-state index < -0.39 is 6.23 Å². The first-order valence-corrected chi connectivity index (χ1v) is 2.19. The molecule has 0 aromatic heterocycles. The molecule has 0 heterocycles. The zero-order chi connectivity index (χ0) is 6.57. The zero-order valence-electron chi connectivity index (χ0n) is 4.54. The van der Waals surface area contributed by atoms with Crippen molar-refractivity contribution in [3.05, 3.63) is 24.4 Å². The molecule has 0 fully saturated rings. The van der Waals surface area contributed by atoms with Gasteiger partial charge >= 0.3 is 0 Å². The molecule has 0 rings (SSSR count). The Morgan fingerprint density at radius 2 is 2.25 bits per heavy atom. The fraction of sp³-hybridized carbons (Fsp3) is 0.200. The summed E-state index contributed by atoms with van der Waals surface area (Å²) in [6.07, 6.45) is 1.86. The Labute approximate surface area is 48.3 Å². The second kappa shape index (κ2) is 3.23. The number of hydrogen-bond donors (Lipinski definition) is 3. The predicted molar refractivity (Wildman–Crippen MR) is 32.7 cm³/mol. The minimum Gasteiger partial charge on any atom is -0.399 e. The lowest BCUT2D eigenvalue weighted by Gasteiger charge is -1.91. The van der Waals surface area contributed by atoms with Crippen LogP contribution in [0, 0.1) is 0 Å². The summed E-state index contributed by atoms with van der Waals surface area (Å²) in [4.78, 5) is 0. The van der Waals surface area contributed by atoms with Gasteiger partial charge in [-0.3, -0.25) is 0 Å². The van der Waals surface area contributed by atoms with Gasteiger partial charge in [-0.2, -0.15) is 0 Å². The zero-order valence-corrected chi connectivity index (χ0v) is 4.54. The number of aliphatic hydroxyl groups excluding tert-OH is 1. The Morgan fingerprint density at radius 3 is 2.38 bits per heavy atom. The van der Waals surface area contributed by atoms with Crippen molar-refractivity contribution in [2.24, 2.45) is 11.5 Å². The van der Waals surface area contributed by atoms with Crippen LogP contribution in [0.3, 0.4) is 0 Å². The van der Waals surface area contributed by atoms with Gasteiger partial charge in [-0.25, -0.2) is 0 Å². The van der Waals surface area contributed by atoms with Crippen LogP contribution in [0.2, 0.25) is 0 Å². The van der Waals surface area contributed by atoms with Crippen molar-refractivity contribution in [1.29, 1.82) is 0 Å². The lowest BCUT2D eigenvalue weighted by molar-refractivity contribution is 0.231. The number of hydrogen-bond acceptors (Lipinski definition) is 3. The summed E-state index contributed by atoms with van der Waals surface area (Å²) in [6.45, 7) is 3.35. The van der Waals surface area contributed by atoms with Crippen LogP contribution in [0.4, 0.5) is 0 Å². The average molecular weight is 114 g/mol. The smallest absolute Gasteiger partial charge is 0.121 e. The van der Waals surface area contributed by atoms with Gasteiger partial charge in [0.05, 0.1) is 0 Å². The van der Waals surface area contributed by atoms with Crippen LogP contribution >= 0.6 is 0 Å². The number of nitrogens with two attached hydrogens (primary N) is 2. The maximum absolute atomic E-state index is 8.40. The predicted octanol–water partition coefficient (Wildman–Crippen LogP) is -0.708. The Morgan fingerprint density at radius 1 is 1.75 bits per heavy atom. The second-order valence-electron chi connectivity index (χ2n) is 1.42. The van der Waals surface area contributed by atoms with E-state index in [-0.39, 0.29) is 0 Å². The molecular formula is C5H10N2O. The molecule has 0 bridgehead atoms. The van der Waals surface area contributed by atoms with E-state index in [0.29, 0.717) is 5.70 Å². The topological polar surface area (TPSA) is 72.3 Å². The fourth-order valence-corrected chi connectivity index (χ4v) is 0.222. The third-order valence-electron chi connectivity index (χ3n) is 0.507. The Balaban J connectivity index is 3.50. The van der Waals surface area contributed by atoms with Crippen LogP contribution in [0.25, 0.3) is 0 Å². The van der Waals surface area contributed by atoms with Crippen molar-refractivity contribution in [1.82, 2.24) is 0 Å². The summed E-state index contributed by atoms with van der Waals surface area (Å²) in [5.74, 6) is 0. The average Bonchev–Trinajstić information content (AvgIpc) is 1.61. The van der Waals surface area contributed by atoms with Gasteiger partial charge in [0.25, 0.3) is 0 Å². The quantitative estimate of drug-likeness (QED) is 0.328. The SMILES string of the molecule is C=C(N)/C=C\C(N)O. The maximum atomic E-state index is 8.40. The molecule has 0 saturated heterocycles. The highest BCUT2D eigenvalue weighted by Crippen LogP contribution is 1.80. The van der Waals surface area contributed by atoms with E-state index in [1.54, 1.807) is 0 Å². The molecule has 0 amide bonds. The molecule has 0 aromatic rings. The van der Waals surface area contributed by atoms with Crippen LogP contribution in [0.1, 0.15) is 0 Å². The lowest BCUT2D eigenvalue weighted by atomic mass is 10.4. The van der Waals surface area contributed by atoms with Crippen molar-refractivity contribution in [2.75, 3.05) is 0 Å². The molecule has 0 aromatic carbocycles. The standard InChI is InChI=1S/C5H10N2O/c1-4(6)2-3-5(7)8/h2-3,5,8H,1,6-7H2/b3-2-. The molecule has 0 spiro atoms. The second-order valence-corrected chi connectivity index (χ2v) is 1.42. The lowest BCUT2D eigenvalue weighted by Crippen LogP contribution is -2.14. The molecular weight excluding hydrogens is 104 g/mol. The third kappa shape index (κ3) is 5.20. The van der Waals surface area contributed by atoms with E-state index in [4.69, 9.17) is 16.6 Å². The summed E-state index contributed by atoms with van der Waals surface area (Å²) >= 11 is 0. The summed E-state index contributed by atoms with van der Waals surface area (Å²) in [5, 5.41) is 8.40. The van der Waals surface area contributed by atoms with Gasteiger partial charge in [0.15, 0.2) is 0 Å². The molecule has 8 heavy (non-hydrogen) atoms. The van der Waals surface area contributed by atoms with Gasteiger partial charge in [-0.1, -0.05) is 6.58 Å². The number of rotatable bonds is 2. The summed E-state index contributed by atoms with van der Waals surface area (Å²) in [7, 11) is 0. The monoisotopic (exact) mass is 114 g/mol. The minimum absolute atomic E-state index is 0.384. The highest BCUT2D eigenvalue weighted by atomic mass is 16.3. The van der Waals surface area contributed by atoms with Crippen molar-refractivity contribution >= 4 is 0 Å². The van der Waals surface area contributed by atoms with Crippen molar-refractivity contribution in [3.8, 4) is 0 Å². The largest absolute Gasteiger partial charge is 0.399 e. The number of aliphatic hydroxyl groups is 1. The summed E-state index contributed by atoms with van der Waals surface area (Å²) in [5.41, 5.74) is 10.4. The first-order valence-electron chi connectivity index (χ1n) is 2.19. The molecule has 0 radical (unpaired) electrons. The fourth-order valence-electron chi connectivity index (χ4n) is 0.222. The van der Waals surface area contributed by atoms with Gasteiger partial charge in [-0.05, 0) is 12.2 Å². The Kier molecular flexibility index (Phi) is 2.91. The van der Waals surface area contributed by atoms with Crippen LogP contribution in [0.15, 0.2) is 24.4 Å². The van der Waals surface area contributed by atoms with Crippen LogP contribution in [-0.4, -0.2) is 11.3 Å². The molecule has 46 valence electrons. The molecule has 3 heteroatoms. The van der Waals surface area contributed by atoms with E-state index in [0.717, 1.165) is 0 Å². The number of allylic oxidation sites excluding steroid dienone is 1.